The van der Waals surface area contributed by atoms with Gasteiger partial charge >= 0.3 is 12.1 Å². The van der Waals surface area contributed by atoms with Crippen LogP contribution in [0.1, 0.15) is 47.1 Å². The molecule has 8 heteroatoms. The predicted octanol–water partition coefficient (Wildman–Crippen LogP) is 2.15. The van der Waals surface area contributed by atoms with Gasteiger partial charge in [-0.1, -0.05) is 30.3 Å². The van der Waals surface area contributed by atoms with E-state index >= 15 is 0 Å². The molecule has 0 spiro atoms. The van der Waals surface area contributed by atoms with E-state index in [1.54, 1.807) is 65.8 Å². The van der Waals surface area contributed by atoms with Crippen LogP contribution in [0.3, 0.4) is 0 Å². The van der Waals surface area contributed by atoms with Crippen molar-refractivity contribution in [1.82, 2.24) is 10.6 Å². The fraction of sp³-hybridized carbons (Fsp3) is 0.524. The fourth-order valence-corrected chi connectivity index (χ4v) is 2.21. The molecule has 0 saturated heterocycles. The lowest BCUT2D eigenvalue weighted by atomic mass is 10.0. The van der Waals surface area contributed by atoms with Crippen molar-refractivity contribution in [3.63, 3.8) is 0 Å². The number of alkyl carbamates (subject to hydrolysis) is 1. The second-order valence-corrected chi connectivity index (χ2v) is 8.52. The van der Waals surface area contributed by atoms with Gasteiger partial charge in [-0.3, -0.25) is 9.59 Å². The Labute approximate surface area is 171 Å². The standard InChI is InChI=1S/C21H30N2O6/c1-20(2,3)28-18(26)17(15(24)12-14-10-8-7-9-11-14)23-16(25)13-22-19(27)29-21(4,5)6/h7-11,17H,12-13H2,1-6H3,(H,22,27)(H,23,25). The Kier molecular flexibility index (Phi) is 8.36. The molecule has 1 atom stereocenters. The van der Waals surface area contributed by atoms with Crippen molar-refractivity contribution in [2.75, 3.05) is 6.54 Å². The molecule has 0 bridgehead atoms. The number of carbonyl (C=O) groups excluding carboxylic acids is 4. The molecule has 8 nitrogen and oxygen atoms in total. The third-order valence-electron chi connectivity index (χ3n) is 3.28. The summed E-state index contributed by atoms with van der Waals surface area (Å²) in [6.45, 7) is 9.60. The maximum atomic E-state index is 12.7. The number of Topliss-reactive ketones (excluding diaryl/α,β-unsaturated/α-hetero) is 1. The van der Waals surface area contributed by atoms with Gasteiger partial charge in [0.2, 0.25) is 5.91 Å². The molecule has 1 aromatic rings. The minimum atomic E-state index is -1.48. The Morgan fingerprint density at radius 1 is 0.897 bits per heavy atom. The smallest absolute Gasteiger partial charge is 0.408 e. The van der Waals surface area contributed by atoms with Crippen LogP contribution in [0, 0.1) is 0 Å². The first kappa shape index (κ1) is 24.1. The summed E-state index contributed by atoms with van der Waals surface area (Å²) < 4.78 is 10.3. The average Bonchev–Trinajstić information content (AvgIpc) is 2.55. The number of hydrogen-bond donors (Lipinski definition) is 2. The van der Waals surface area contributed by atoms with Crippen molar-refractivity contribution in [3.8, 4) is 0 Å². The molecule has 1 aromatic carbocycles. The first-order valence-corrected chi connectivity index (χ1v) is 9.32. The normalized spacial score (nSPS) is 12.5. The highest BCUT2D eigenvalue weighted by Gasteiger charge is 2.32. The van der Waals surface area contributed by atoms with E-state index in [1.807, 2.05) is 6.07 Å². The van der Waals surface area contributed by atoms with E-state index in [1.165, 1.54) is 0 Å². The predicted molar refractivity (Wildman–Crippen MR) is 107 cm³/mol. The molecule has 0 aliphatic carbocycles. The van der Waals surface area contributed by atoms with Crippen molar-refractivity contribution in [3.05, 3.63) is 35.9 Å². The van der Waals surface area contributed by atoms with E-state index in [9.17, 15) is 19.2 Å². The van der Waals surface area contributed by atoms with Gasteiger partial charge in [0.15, 0.2) is 11.8 Å². The van der Waals surface area contributed by atoms with Crippen LogP contribution in [0.5, 0.6) is 0 Å². The Bertz CT molecular complexity index is 732. The summed E-state index contributed by atoms with van der Waals surface area (Å²) in [5.74, 6) is -2.09. The zero-order chi connectivity index (χ0) is 22.2. The van der Waals surface area contributed by atoms with E-state index in [-0.39, 0.29) is 6.42 Å². The van der Waals surface area contributed by atoms with Gasteiger partial charge in [-0.2, -0.15) is 0 Å². The van der Waals surface area contributed by atoms with Gasteiger partial charge < -0.3 is 20.1 Å². The van der Waals surface area contributed by atoms with Crippen LogP contribution in [0.2, 0.25) is 0 Å². The van der Waals surface area contributed by atoms with Gasteiger partial charge in [0.05, 0.1) is 0 Å². The number of benzene rings is 1. The minimum Gasteiger partial charge on any atom is -0.458 e. The van der Waals surface area contributed by atoms with E-state index in [2.05, 4.69) is 10.6 Å². The summed E-state index contributed by atoms with van der Waals surface area (Å²) in [6, 6.07) is 7.36. The van der Waals surface area contributed by atoms with Gasteiger partial charge in [-0.05, 0) is 47.1 Å². The quantitative estimate of drug-likeness (QED) is 0.530. The van der Waals surface area contributed by atoms with Crippen molar-refractivity contribution in [2.45, 2.75) is 65.2 Å². The minimum absolute atomic E-state index is 0.0511. The molecular weight excluding hydrogens is 376 g/mol. The maximum absolute atomic E-state index is 12.7. The molecule has 0 aliphatic heterocycles. The highest BCUT2D eigenvalue weighted by atomic mass is 16.6. The van der Waals surface area contributed by atoms with Crippen LogP contribution in [-0.2, 0) is 30.3 Å². The van der Waals surface area contributed by atoms with Crippen molar-refractivity contribution in [2.24, 2.45) is 0 Å². The second-order valence-electron chi connectivity index (χ2n) is 8.52. The topological polar surface area (TPSA) is 111 Å². The highest BCUT2D eigenvalue weighted by Crippen LogP contribution is 2.11. The average molecular weight is 406 g/mol. The van der Waals surface area contributed by atoms with E-state index in [0.717, 1.165) is 0 Å². The lowest BCUT2D eigenvalue weighted by Crippen LogP contribution is -2.52. The number of ether oxygens (including phenoxy) is 2. The second kappa shape index (κ2) is 10.0. The Hall–Kier alpha value is -2.90. The van der Waals surface area contributed by atoms with Gasteiger partial charge in [0, 0.05) is 6.42 Å². The van der Waals surface area contributed by atoms with Crippen LogP contribution >= 0.6 is 0 Å². The summed E-state index contributed by atoms with van der Waals surface area (Å²) in [5.41, 5.74) is -0.847. The number of nitrogens with one attached hydrogen (secondary N) is 2. The molecule has 160 valence electrons. The molecule has 0 aliphatic rings. The summed E-state index contributed by atoms with van der Waals surface area (Å²) in [6.07, 6.45) is -0.832. The molecule has 2 N–H and O–H groups in total. The van der Waals surface area contributed by atoms with Crippen molar-refractivity contribution < 1.29 is 28.7 Å². The summed E-state index contributed by atoms with van der Waals surface area (Å²) in [5, 5.41) is 4.63. The summed E-state index contributed by atoms with van der Waals surface area (Å²) >= 11 is 0. The molecular formula is C21H30N2O6. The molecule has 0 fully saturated rings. The molecule has 1 unspecified atom stereocenters. The van der Waals surface area contributed by atoms with Crippen LogP contribution in [0.4, 0.5) is 4.79 Å². The number of ketones is 1. The number of carbonyl (C=O) groups is 4. The van der Waals surface area contributed by atoms with Crippen LogP contribution in [-0.4, -0.2) is 47.5 Å². The molecule has 29 heavy (non-hydrogen) atoms. The summed E-state index contributed by atoms with van der Waals surface area (Å²) in [7, 11) is 0. The lowest BCUT2D eigenvalue weighted by Gasteiger charge is -2.24. The highest BCUT2D eigenvalue weighted by molar-refractivity contribution is 6.06. The molecule has 2 amide bonds. The van der Waals surface area contributed by atoms with Gasteiger partial charge in [-0.25, -0.2) is 9.59 Å². The number of esters is 1. The maximum Gasteiger partial charge on any atom is 0.408 e. The van der Waals surface area contributed by atoms with Crippen LogP contribution in [0.15, 0.2) is 30.3 Å². The SMILES string of the molecule is CC(C)(C)OC(=O)NCC(=O)NC(C(=O)Cc1ccccc1)C(=O)OC(C)(C)C. The van der Waals surface area contributed by atoms with Gasteiger partial charge in [-0.15, -0.1) is 0 Å². The number of amides is 2. The van der Waals surface area contributed by atoms with Crippen molar-refractivity contribution >= 4 is 23.8 Å². The molecule has 0 radical (unpaired) electrons. The van der Waals surface area contributed by atoms with E-state index in [0.29, 0.717) is 5.56 Å². The van der Waals surface area contributed by atoms with Gasteiger partial charge in [0.25, 0.3) is 0 Å². The van der Waals surface area contributed by atoms with E-state index < -0.39 is 47.5 Å². The zero-order valence-electron chi connectivity index (χ0n) is 17.8. The van der Waals surface area contributed by atoms with Gasteiger partial charge in [0.1, 0.15) is 17.7 Å². The Morgan fingerprint density at radius 3 is 1.97 bits per heavy atom. The third-order valence-corrected chi connectivity index (χ3v) is 3.28. The number of hydrogen-bond acceptors (Lipinski definition) is 6. The van der Waals surface area contributed by atoms with Crippen molar-refractivity contribution in [1.29, 1.82) is 0 Å². The fourth-order valence-electron chi connectivity index (χ4n) is 2.21. The lowest BCUT2D eigenvalue weighted by molar-refractivity contribution is -0.160. The molecule has 0 heterocycles. The van der Waals surface area contributed by atoms with E-state index in [4.69, 9.17) is 9.47 Å². The number of rotatable bonds is 7. The first-order valence-electron chi connectivity index (χ1n) is 9.32. The molecule has 0 saturated carbocycles. The largest absolute Gasteiger partial charge is 0.458 e. The first-order chi connectivity index (χ1) is 13.3. The monoisotopic (exact) mass is 406 g/mol. The summed E-state index contributed by atoms with van der Waals surface area (Å²) in [4.78, 5) is 49.0. The third kappa shape index (κ3) is 10.3. The Balaban J connectivity index is 2.80. The molecule has 1 rings (SSSR count). The van der Waals surface area contributed by atoms with Crippen LogP contribution < -0.4 is 10.6 Å². The Morgan fingerprint density at radius 2 is 1.45 bits per heavy atom. The molecule has 0 aromatic heterocycles. The zero-order valence-corrected chi connectivity index (χ0v) is 17.8. The van der Waals surface area contributed by atoms with Crippen LogP contribution in [0.25, 0.3) is 0 Å².